The lowest BCUT2D eigenvalue weighted by Gasteiger charge is -2.29. The molecule has 1 saturated carbocycles. The van der Waals surface area contributed by atoms with E-state index in [0.717, 1.165) is 29.3 Å². The fraction of sp³-hybridized carbons (Fsp3) is 1.00. The molecule has 0 aliphatic heterocycles. The highest BCUT2D eigenvalue weighted by Gasteiger charge is 2.37. The molecule has 1 aliphatic carbocycles. The molecule has 72 valence electrons. The zero-order valence-corrected chi connectivity index (χ0v) is 8.71. The fourth-order valence-corrected chi connectivity index (χ4v) is 1.90. The van der Waals surface area contributed by atoms with E-state index in [1.165, 1.54) is 19.5 Å². The molecule has 1 rings (SSSR count). The van der Waals surface area contributed by atoms with Gasteiger partial charge in [0.05, 0.1) is 27.2 Å². The lowest BCUT2D eigenvalue weighted by atomic mass is 10.2. The molecule has 0 aromatic heterocycles. The Labute approximate surface area is 76.3 Å². The van der Waals surface area contributed by atoms with Crippen LogP contribution < -0.4 is 5.73 Å². The summed E-state index contributed by atoms with van der Waals surface area (Å²) in [5, 5.41) is 0. The lowest BCUT2D eigenvalue weighted by molar-refractivity contribution is -0.892. The van der Waals surface area contributed by atoms with Crippen LogP contribution in [0.5, 0.6) is 0 Å². The molecule has 2 atom stereocenters. The molecule has 0 heterocycles. The summed E-state index contributed by atoms with van der Waals surface area (Å²) in [4.78, 5) is 0. The van der Waals surface area contributed by atoms with Crippen LogP contribution in [0.25, 0.3) is 0 Å². The first-order chi connectivity index (χ1) is 5.55. The van der Waals surface area contributed by atoms with Crippen molar-refractivity contribution in [2.24, 2.45) is 17.6 Å². The molecule has 0 amide bonds. The molecule has 0 bridgehead atoms. The number of hydrogen-bond acceptors (Lipinski definition) is 1. The third-order valence-corrected chi connectivity index (χ3v) is 2.97. The maximum Gasteiger partial charge on any atom is 0.0813 e. The largest absolute Gasteiger partial charge is 0.330 e. The van der Waals surface area contributed by atoms with E-state index in [1.54, 1.807) is 0 Å². The molecule has 0 radical (unpaired) electrons. The van der Waals surface area contributed by atoms with Gasteiger partial charge in [-0.05, 0) is 18.9 Å². The summed E-state index contributed by atoms with van der Waals surface area (Å²) in [7, 11) is 4.64. The minimum absolute atomic E-state index is 0.835. The van der Waals surface area contributed by atoms with Crippen molar-refractivity contribution in [3.8, 4) is 0 Å². The second-order valence-corrected chi connectivity index (χ2v) is 4.96. The first-order valence-corrected chi connectivity index (χ1v) is 5.07. The molecular weight excluding hydrogens is 148 g/mol. The van der Waals surface area contributed by atoms with Crippen molar-refractivity contribution in [3.63, 3.8) is 0 Å². The fourth-order valence-electron chi connectivity index (χ4n) is 1.90. The van der Waals surface area contributed by atoms with Crippen LogP contribution in [-0.2, 0) is 0 Å². The summed E-state index contributed by atoms with van der Waals surface area (Å²) in [6.07, 6.45) is 2.61. The molecule has 1 aliphatic rings. The zero-order valence-electron chi connectivity index (χ0n) is 8.71. The number of nitrogens with zero attached hydrogens (tertiary/aromatic N) is 1. The topological polar surface area (TPSA) is 26.0 Å². The van der Waals surface area contributed by atoms with Gasteiger partial charge in [0.1, 0.15) is 0 Å². The zero-order chi connectivity index (χ0) is 9.19. The molecule has 0 saturated heterocycles. The highest BCUT2D eigenvalue weighted by Crippen LogP contribution is 2.38. The van der Waals surface area contributed by atoms with Gasteiger partial charge in [-0.15, -0.1) is 0 Å². The average molecular weight is 171 g/mol. The second-order valence-electron chi connectivity index (χ2n) is 4.96. The van der Waals surface area contributed by atoms with E-state index in [4.69, 9.17) is 5.73 Å². The molecule has 2 nitrogen and oxygen atoms in total. The summed E-state index contributed by atoms with van der Waals surface area (Å²) in [5.41, 5.74) is 5.50. The Morgan fingerprint density at radius 1 is 1.42 bits per heavy atom. The van der Waals surface area contributed by atoms with Crippen LogP contribution in [-0.4, -0.2) is 38.2 Å². The number of hydrogen-bond donors (Lipinski definition) is 1. The minimum Gasteiger partial charge on any atom is -0.330 e. The van der Waals surface area contributed by atoms with Crippen LogP contribution in [0.3, 0.4) is 0 Å². The third-order valence-electron chi connectivity index (χ3n) is 2.97. The molecule has 0 spiro atoms. The first-order valence-electron chi connectivity index (χ1n) is 5.07. The summed E-state index contributed by atoms with van der Waals surface area (Å²) in [6, 6.07) is 0. The van der Waals surface area contributed by atoms with E-state index in [9.17, 15) is 0 Å². The molecular formula is C10H23N2+. The first kappa shape index (κ1) is 10.0. The Bertz CT molecular complexity index is 143. The quantitative estimate of drug-likeness (QED) is 0.615. The SMILES string of the molecule is CC1CC1C[N+](C)(C)CCCN. The van der Waals surface area contributed by atoms with Crippen molar-refractivity contribution in [1.29, 1.82) is 0 Å². The Morgan fingerprint density at radius 3 is 2.42 bits per heavy atom. The van der Waals surface area contributed by atoms with Crippen molar-refractivity contribution in [2.75, 3.05) is 33.7 Å². The smallest absolute Gasteiger partial charge is 0.0813 e. The molecule has 12 heavy (non-hydrogen) atoms. The average Bonchev–Trinajstić information content (AvgIpc) is 2.61. The van der Waals surface area contributed by atoms with Gasteiger partial charge in [0, 0.05) is 12.3 Å². The monoisotopic (exact) mass is 171 g/mol. The van der Waals surface area contributed by atoms with Crippen molar-refractivity contribution in [1.82, 2.24) is 0 Å². The van der Waals surface area contributed by atoms with Crippen LogP contribution in [0, 0.1) is 11.8 Å². The van der Waals surface area contributed by atoms with Gasteiger partial charge in [-0.2, -0.15) is 0 Å². The standard InChI is InChI=1S/C10H23N2/c1-9-7-10(9)8-12(2,3)6-4-5-11/h9-10H,4-8,11H2,1-3H3/q+1. The lowest BCUT2D eigenvalue weighted by Crippen LogP contribution is -2.43. The van der Waals surface area contributed by atoms with Gasteiger partial charge in [-0.25, -0.2) is 0 Å². The van der Waals surface area contributed by atoms with Crippen LogP contribution in [0.4, 0.5) is 0 Å². The van der Waals surface area contributed by atoms with Crippen molar-refractivity contribution < 1.29 is 4.48 Å². The van der Waals surface area contributed by atoms with Gasteiger partial charge in [0.25, 0.3) is 0 Å². The number of quaternary nitrogens is 1. The van der Waals surface area contributed by atoms with Gasteiger partial charge < -0.3 is 10.2 Å². The number of rotatable bonds is 5. The third kappa shape index (κ3) is 3.11. The van der Waals surface area contributed by atoms with Gasteiger partial charge in [-0.3, -0.25) is 0 Å². The van der Waals surface area contributed by atoms with Crippen LogP contribution >= 0.6 is 0 Å². The van der Waals surface area contributed by atoms with Gasteiger partial charge in [-0.1, -0.05) is 6.92 Å². The van der Waals surface area contributed by atoms with E-state index in [1.807, 2.05) is 0 Å². The van der Waals surface area contributed by atoms with E-state index in [2.05, 4.69) is 21.0 Å². The Kier molecular flexibility index (Phi) is 3.13. The van der Waals surface area contributed by atoms with E-state index < -0.39 is 0 Å². The highest BCUT2D eigenvalue weighted by atomic mass is 15.3. The Morgan fingerprint density at radius 2 is 2.00 bits per heavy atom. The second kappa shape index (κ2) is 3.75. The molecule has 2 N–H and O–H groups in total. The minimum atomic E-state index is 0.835. The van der Waals surface area contributed by atoms with Crippen LogP contribution in [0.1, 0.15) is 19.8 Å². The maximum atomic E-state index is 5.50. The summed E-state index contributed by atoms with van der Waals surface area (Å²) < 4.78 is 1.16. The van der Waals surface area contributed by atoms with E-state index >= 15 is 0 Å². The van der Waals surface area contributed by atoms with E-state index in [-0.39, 0.29) is 0 Å². The van der Waals surface area contributed by atoms with Gasteiger partial charge in [0.15, 0.2) is 0 Å². The van der Waals surface area contributed by atoms with Crippen molar-refractivity contribution in [2.45, 2.75) is 19.8 Å². The van der Waals surface area contributed by atoms with Gasteiger partial charge >= 0.3 is 0 Å². The predicted molar refractivity (Wildman–Crippen MR) is 52.8 cm³/mol. The normalized spacial score (nSPS) is 29.0. The van der Waals surface area contributed by atoms with E-state index in [0.29, 0.717) is 0 Å². The summed E-state index contributed by atoms with van der Waals surface area (Å²) in [6.45, 7) is 5.77. The van der Waals surface area contributed by atoms with Crippen molar-refractivity contribution >= 4 is 0 Å². The molecule has 2 heteroatoms. The van der Waals surface area contributed by atoms with Crippen molar-refractivity contribution in [3.05, 3.63) is 0 Å². The van der Waals surface area contributed by atoms with Crippen LogP contribution in [0.15, 0.2) is 0 Å². The molecule has 0 aromatic rings. The highest BCUT2D eigenvalue weighted by molar-refractivity contribution is 4.81. The molecule has 1 fully saturated rings. The van der Waals surface area contributed by atoms with Crippen LogP contribution in [0.2, 0.25) is 0 Å². The maximum absolute atomic E-state index is 5.50. The predicted octanol–water partition coefficient (Wildman–Crippen LogP) is 1.07. The number of nitrogens with two attached hydrogens (primary N) is 1. The summed E-state index contributed by atoms with van der Waals surface area (Å²) in [5.74, 6) is 1.98. The molecule has 0 aromatic carbocycles. The Hall–Kier alpha value is -0.0800. The summed E-state index contributed by atoms with van der Waals surface area (Å²) >= 11 is 0. The molecule has 2 unspecified atom stereocenters. The Balaban J connectivity index is 2.18. The van der Waals surface area contributed by atoms with Gasteiger partial charge in [0.2, 0.25) is 0 Å².